The van der Waals surface area contributed by atoms with Crippen LogP contribution in [0.3, 0.4) is 0 Å². The van der Waals surface area contributed by atoms with Crippen molar-refractivity contribution in [2.45, 2.75) is 31.7 Å². The Hall–Kier alpha value is -2.45. The van der Waals surface area contributed by atoms with E-state index in [-0.39, 0.29) is 11.9 Å². The molecule has 1 aromatic carbocycles. The Kier molecular flexibility index (Phi) is 5.67. The van der Waals surface area contributed by atoms with Gasteiger partial charge in [0.05, 0.1) is 26.2 Å². The molecule has 8 heteroatoms. The van der Waals surface area contributed by atoms with Gasteiger partial charge in [-0.1, -0.05) is 30.4 Å². The molecule has 1 amide bonds. The summed E-state index contributed by atoms with van der Waals surface area (Å²) in [7, 11) is 4.72. The highest BCUT2D eigenvalue weighted by Gasteiger charge is 2.48. The van der Waals surface area contributed by atoms with E-state index in [1.54, 1.807) is 27.4 Å². The van der Waals surface area contributed by atoms with Crippen LogP contribution in [0.4, 0.5) is 0 Å². The molecule has 2 saturated carbocycles. The molecule has 1 saturated heterocycles. The molecule has 2 bridgehead atoms. The van der Waals surface area contributed by atoms with Crippen molar-refractivity contribution >= 4 is 40.3 Å². The Balaban J connectivity index is 1.40. The number of fused-ring (bicyclic) bond motifs is 2. The van der Waals surface area contributed by atoms with Crippen LogP contribution in [0.2, 0.25) is 0 Å². The average Bonchev–Trinajstić information content (AvgIpc) is 3.58. The summed E-state index contributed by atoms with van der Waals surface area (Å²) >= 11 is 6.95. The largest absolute Gasteiger partial charge is 0.493 e. The van der Waals surface area contributed by atoms with E-state index in [0.717, 1.165) is 17.9 Å². The van der Waals surface area contributed by atoms with Gasteiger partial charge in [0.25, 0.3) is 5.91 Å². The fourth-order valence-corrected chi connectivity index (χ4v) is 6.58. The molecule has 0 spiro atoms. The first-order chi connectivity index (χ1) is 15.5. The maximum atomic E-state index is 13.2. The fourth-order valence-electron chi connectivity index (χ4n) is 5.23. The Labute approximate surface area is 196 Å². The molecule has 2 aliphatic carbocycles. The number of carbonyl (C=O) groups excluding carboxylic acids is 1. The van der Waals surface area contributed by atoms with Crippen LogP contribution in [0.25, 0.3) is 17.4 Å². The van der Waals surface area contributed by atoms with Crippen molar-refractivity contribution in [3.8, 4) is 28.6 Å². The normalized spacial score (nSPS) is 25.8. The van der Waals surface area contributed by atoms with Gasteiger partial charge in [0.15, 0.2) is 11.5 Å². The van der Waals surface area contributed by atoms with E-state index in [1.807, 2.05) is 29.2 Å². The molecule has 32 heavy (non-hydrogen) atoms. The topological polar surface area (TPSA) is 61.1 Å². The average molecular weight is 472 g/mol. The minimum absolute atomic E-state index is 0.00304. The van der Waals surface area contributed by atoms with E-state index < -0.39 is 0 Å². The highest BCUT2D eigenvalue weighted by molar-refractivity contribution is 8.26. The van der Waals surface area contributed by atoms with E-state index in [9.17, 15) is 4.79 Å². The molecule has 1 aromatic heterocycles. The molecular weight excluding hydrogens is 446 g/mol. The lowest BCUT2D eigenvalue weighted by atomic mass is 9.94. The molecular formula is C24H25NO5S2. The van der Waals surface area contributed by atoms with Gasteiger partial charge >= 0.3 is 0 Å². The predicted octanol–water partition coefficient (Wildman–Crippen LogP) is 5.36. The number of ether oxygens (including phenoxy) is 3. The minimum Gasteiger partial charge on any atom is -0.493 e. The number of thioether (sulfide) groups is 1. The summed E-state index contributed by atoms with van der Waals surface area (Å²) in [4.78, 5) is 15.6. The van der Waals surface area contributed by atoms with Crippen LogP contribution in [0.15, 0.2) is 33.6 Å². The maximum Gasteiger partial charge on any atom is 0.266 e. The highest BCUT2D eigenvalue weighted by atomic mass is 32.2. The first kappa shape index (κ1) is 21.4. The van der Waals surface area contributed by atoms with Crippen LogP contribution in [-0.2, 0) is 4.79 Å². The van der Waals surface area contributed by atoms with Crippen LogP contribution < -0.4 is 14.2 Å². The molecule has 0 radical (unpaired) electrons. The van der Waals surface area contributed by atoms with Gasteiger partial charge in [-0.05, 0) is 55.4 Å². The van der Waals surface area contributed by atoms with Crippen molar-refractivity contribution < 1.29 is 23.4 Å². The molecule has 2 heterocycles. The summed E-state index contributed by atoms with van der Waals surface area (Å²) in [6.45, 7) is 0. The van der Waals surface area contributed by atoms with Crippen molar-refractivity contribution in [1.29, 1.82) is 0 Å². The lowest BCUT2D eigenvalue weighted by Crippen LogP contribution is -2.41. The second-order valence-electron chi connectivity index (χ2n) is 8.41. The number of rotatable bonds is 6. The lowest BCUT2D eigenvalue weighted by Gasteiger charge is -2.30. The van der Waals surface area contributed by atoms with Gasteiger partial charge in [-0.3, -0.25) is 9.69 Å². The van der Waals surface area contributed by atoms with Crippen LogP contribution >= 0.6 is 24.0 Å². The number of benzene rings is 1. The van der Waals surface area contributed by atoms with Crippen molar-refractivity contribution in [1.82, 2.24) is 4.90 Å². The summed E-state index contributed by atoms with van der Waals surface area (Å²) in [5, 5.41) is 0. The van der Waals surface area contributed by atoms with E-state index >= 15 is 0 Å². The molecule has 3 unspecified atom stereocenters. The minimum atomic E-state index is 0.00304. The summed E-state index contributed by atoms with van der Waals surface area (Å²) in [6.07, 6.45) is 6.60. The van der Waals surface area contributed by atoms with E-state index in [4.69, 9.17) is 30.8 Å². The highest BCUT2D eigenvalue weighted by Crippen LogP contribution is 2.49. The summed E-state index contributed by atoms with van der Waals surface area (Å²) in [5.41, 5.74) is 0.786. The third-order valence-electron chi connectivity index (χ3n) is 6.71. The molecule has 0 N–H and O–H groups in total. The fraction of sp³-hybridized carbons (Fsp3) is 0.417. The monoisotopic (exact) mass is 471 g/mol. The Morgan fingerprint density at radius 2 is 1.84 bits per heavy atom. The quantitative estimate of drug-likeness (QED) is 0.415. The number of furan rings is 1. The SMILES string of the molecule is COc1cc(-c2ccc(C=C3SC(=S)N(C4CC5CCC4C5)C3=O)o2)cc(OC)c1OC. The summed E-state index contributed by atoms with van der Waals surface area (Å²) in [5.74, 6) is 4.21. The molecule has 5 rings (SSSR count). The maximum absolute atomic E-state index is 13.2. The predicted molar refractivity (Wildman–Crippen MR) is 128 cm³/mol. The smallest absolute Gasteiger partial charge is 0.266 e. The first-order valence-electron chi connectivity index (χ1n) is 10.7. The molecule has 3 atom stereocenters. The number of hydrogen-bond acceptors (Lipinski definition) is 7. The molecule has 1 aliphatic heterocycles. The van der Waals surface area contributed by atoms with Gasteiger partial charge in [-0.25, -0.2) is 0 Å². The van der Waals surface area contributed by atoms with Crippen LogP contribution in [0.1, 0.15) is 31.4 Å². The molecule has 2 aromatic rings. The zero-order valence-corrected chi connectivity index (χ0v) is 19.9. The van der Waals surface area contributed by atoms with Gasteiger partial charge in [-0.15, -0.1) is 0 Å². The number of amides is 1. The van der Waals surface area contributed by atoms with Gasteiger partial charge in [-0.2, -0.15) is 0 Å². The first-order valence-corrected chi connectivity index (χ1v) is 11.9. The van der Waals surface area contributed by atoms with Crippen molar-refractivity contribution in [3.63, 3.8) is 0 Å². The molecule has 6 nitrogen and oxygen atoms in total. The van der Waals surface area contributed by atoms with Crippen molar-refractivity contribution in [2.75, 3.05) is 21.3 Å². The molecule has 168 valence electrons. The van der Waals surface area contributed by atoms with Gasteiger partial charge in [0.1, 0.15) is 15.8 Å². The standard InChI is InChI=1S/C24H25NO5S2/c1-27-19-10-15(11-20(28-2)22(19)29-3)18-7-6-16(30-18)12-21-23(26)25(24(31)32-21)17-9-13-4-5-14(17)8-13/h6-7,10-14,17H,4-5,8-9H2,1-3H3. The Bertz CT molecular complexity index is 1080. The lowest BCUT2D eigenvalue weighted by molar-refractivity contribution is -0.124. The zero-order chi connectivity index (χ0) is 22.4. The summed E-state index contributed by atoms with van der Waals surface area (Å²) in [6, 6.07) is 7.64. The van der Waals surface area contributed by atoms with Crippen molar-refractivity contribution in [2.24, 2.45) is 11.8 Å². The Morgan fingerprint density at radius 3 is 2.44 bits per heavy atom. The Morgan fingerprint density at radius 1 is 1.09 bits per heavy atom. The number of hydrogen-bond donors (Lipinski definition) is 0. The second kappa shape index (κ2) is 8.48. The summed E-state index contributed by atoms with van der Waals surface area (Å²) < 4.78 is 23.0. The van der Waals surface area contributed by atoms with Crippen molar-refractivity contribution in [3.05, 3.63) is 34.9 Å². The number of nitrogens with zero attached hydrogens (tertiary/aromatic N) is 1. The third kappa shape index (κ3) is 3.59. The second-order valence-corrected chi connectivity index (χ2v) is 10.1. The van der Waals surface area contributed by atoms with E-state index in [2.05, 4.69) is 0 Å². The van der Waals surface area contributed by atoms with Crippen LogP contribution in [0, 0.1) is 11.8 Å². The molecule has 3 fully saturated rings. The van der Waals surface area contributed by atoms with Gasteiger partial charge in [0.2, 0.25) is 5.75 Å². The van der Waals surface area contributed by atoms with Crippen LogP contribution in [0.5, 0.6) is 17.2 Å². The third-order valence-corrected chi connectivity index (χ3v) is 8.04. The zero-order valence-electron chi connectivity index (χ0n) is 18.3. The van der Waals surface area contributed by atoms with Crippen LogP contribution in [-0.4, -0.2) is 42.5 Å². The van der Waals surface area contributed by atoms with Gasteiger partial charge in [0, 0.05) is 17.7 Å². The molecule has 3 aliphatic rings. The van der Waals surface area contributed by atoms with E-state index in [1.165, 1.54) is 31.0 Å². The number of carbonyl (C=O) groups is 1. The van der Waals surface area contributed by atoms with E-state index in [0.29, 0.717) is 43.9 Å². The van der Waals surface area contributed by atoms with Gasteiger partial charge < -0.3 is 18.6 Å². The number of methoxy groups -OCH3 is 3. The number of thiocarbonyl (C=S) groups is 1.